The Labute approximate surface area is 181 Å². The number of rotatable bonds is 4. The van der Waals surface area contributed by atoms with E-state index in [1.807, 2.05) is 30.3 Å². The molecule has 6 heteroatoms. The number of nitrogens with zero attached hydrogens (tertiary/aromatic N) is 1. The Morgan fingerprint density at radius 3 is 2.48 bits per heavy atom. The van der Waals surface area contributed by atoms with E-state index >= 15 is 0 Å². The molecule has 31 heavy (non-hydrogen) atoms. The number of amides is 3. The molecule has 1 heterocycles. The Bertz CT molecular complexity index is 1080. The van der Waals surface area contributed by atoms with Crippen LogP contribution in [0.25, 0.3) is 0 Å². The molecule has 0 aromatic heterocycles. The summed E-state index contributed by atoms with van der Waals surface area (Å²) in [6.45, 7) is 0.684. The predicted molar refractivity (Wildman–Crippen MR) is 123 cm³/mol. The summed E-state index contributed by atoms with van der Waals surface area (Å²) in [5.41, 5.74) is 3.96. The van der Waals surface area contributed by atoms with Gasteiger partial charge in [-0.1, -0.05) is 24.3 Å². The normalized spacial score (nSPS) is 13.0. The van der Waals surface area contributed by atoms with Gasteiger partial charge in [0.15, 0.2) is 0 Å². The van der Waals surface area contributed by atoms with Crippen LogP contribution in [-0.2, 0) is 6.42 Å². The number of hydrogen-bond donors (Lipinski definition) is 2. The van der Waals surface area contributed by atoms with Crippen molar-refractivity contribution in [2.45, 2.75) is 19.3 Å². The van der Waals surface area contributed by atoms with E-state index in [0.29, 0.717) is 29.2 Å². The highest BCUT2D eigenvalue weighted by molar-refractivity contribution is 6.05. The zero-order valence-corrected chi connectivity index (χ0v) is 17.4. The lowest BCUT2D eigenvalue weighted by Crippen LogP contribution is -2.35. The number of urea groups is 1. The van der Waals surface area contributed by atoms with Crippen molar-refractivity contribution in [1.82, 2.24) is 0 Å². The Morgan fingerprint density at radius 1 is 0.871 bits per heavy atom. The molecule has 0 unspecified atom stereocenters. The lowest BCUT2D eigenvalue weighted by molar-refractivity contribution is 0.102. The first-order valence-electron chi connectivity index (χ1n) is 10.4. The van der Waals surface area contributed by atoms with Gasteiger partial charge in [0.2, 0.25) is 0 Å². The number of benzene rings is 3. The van der Waals surface area contributed by atoms with E-state index < -0.39 is 0 Å². The van der Waals surface area contributed by atoms with Crippen molar-refractivity contribution in [3.63, 3.8) is 0 Å². The molecule has 158 valence electrons. The van der Waals surface area contributed by atoms with Crippen molar-refractivity contribution in [2.75, 3.05) is 29.2 Å². The van der Waals surface area contributed by atoms with Crippen molar-refractivity contribution in [2.24, 2.45) is 0 Å². The molecule has 1 aliphatic rings. The number of carbonyl (C=O) groups excluding carboxylic acids is 2. The van der Waals surface area contributed by atoms with Crippen molar-refractivity contribution >= 4 is 29.0 Å². The number of para-hydroxylation sites is 1. The standard InChI is InChI=1S/C25H25N3O3/c1-31-22-10-6-9-21(17-22)26-24(29)19-12-14-20(15-13-19)27-25(30)28-16-5-4-8-18-7-2-3-11-23(18)28/h2-3,6-7,9-15,17H,4-5,8,16H2,1H3,(H,26,29)(H,27,30). The molecule has 0 spiro atoms. The van der Waals surface area contributed by atoms with Crippen LogP contribution in [-0.4, -0.2) is 25.6 Å². The van der Waals surface area contributed by atoms with Crippen LogP contribution in [0.4, 0.5) is 21.9 Å². The predicted octanol–water partition coefficient (Wildman–Crippen LogP) is 5.32. The van der Waals surface area contributed by atoms with Gasteiger partial charge in [0, 0.05) is 35.2 Å². The van der Waals surface area contributed by atoms with E-state index in [1.165, 1.54) is 5.56 Å². The summed E-state index contributed by atoms with van der Waals surface area (Å²) in [5.74, 6) is 0.443. The van der Waals surface area contributed by atoms with E-state index in [-0.39, 0.29) is 11.9 Å². The van der Waals surface area contributed by atoms with E-state index in [0.717, 1.165) is 24.9 Å². The number of aryl methyl sites for hydroxylation is 1. The first kappa shape index (κ1) is 20.5. The summed E-state index contributed by atoms with van der Waals surface area (Å²) >= 11 is 0. The second-order valence-corrected chi connectivity index (χ2v) is 7.43. The molecule has 0 saturated carbocycles. The maximum Gasteiger partial charge on any atom is 0.326 e. The summed E-state index contributed by atoms with van der Waals surface area (Å²) in [5, 5.41) is 5.80. The van der Waals surface area contributed by atoms with Crippen molar-refractivity contribution < 1.29 is 14.3 Å². The van der Waals surface area contributed by atoms with E-state index in [1.54, 1.807) is 48.4 Å². The summed E-state index contributed by atoms with van der Waals surface area (Å²) in [7, 11) is 1.58. The van der Waals surface area contributed by atoms with Gasteiger partial charge in [0.05, 0.1) is 7.11 Å². The number of nitrogens with one attached hydrogen (secondary N) is 2. The lowest BCUT2D eigenvalue weighted by atomic mass is 10.1. The van der Waals surface area contributed by atoms with Crippen molar-refractivity contribution in [3.8, 4) is 5.75 Å². The van der Waals surface area contributed by atoms with E-state index in [2.05, 4.69) is 16.7 Å². The fraction of sp³-hybridized carbons (Fsp3) is 0.200. The van der Waals surface area contributed by atoms with Gasteiger partial charge < -0.3 is 15.4 Å². The molecule has 0 atom stereocenters. The number of anilines is 3. The molecule has 2 N–H and O–H groups in total. The molecule has 0 radical (unpaired) electrons. The third-order valence-corrected chi connectivity index (χ3v) is 5.33. The van der Waals surface area contributed by atoms with Crippen LogP contribution in [0.1, 0.15) is 28.8 Å². The largest absolute Gasteiger partial charge is 0.497 e. The highest BCUT2D eigenvalue weighted by Crippen LogP contribution is 2.27. The lowest BCUT2D eigenvalue weighted by Gasteiger charge is -2.23. The van der Waals surface area contributed by atoms with Crippen molar-refractivity contribution in [3.05, 3.63) is 83.9 Å². The smallest absolute Gasteiger partial charge is 0.326 e. The Morgan fingerprint density at radius 2 is 1.68 bits per heavy atom. The quantitative estimate of drug-likeness (QED) is 0.606. The van der Waals surface area contributed by atoms with Crippen LogP contribution in [0, 0.1) is 0 Å². The maximum absolute atomic E-state index is 12.9. The third kappa shape index (κ3) is 4.86. The highest BCUT2D eigenvalue weighted by atomic mass is 16.5. The highest BCUT2D eigenvalue weighted by Gasteiger charge is 2.21. The van der Waals surface area contributed by atoms with Gasteiger partial charge in [-0.25, -0.2) is 4.79 Å². The second-order valence-electron chi connectivity index (χ2n) is 7.43. The van der Waals surface area contributed by atoms with E-state index in [4.69, 9.17) is 4.74 Å². The van der Waals surface area contributed by atoms with Crippen LogP contribution < -0.4 is 20.3 Å². The van der Waals surface area contributed by atoms with Gasteiger partial charge in [0.1, 0.15) is 5.75 Å². The first-order chi connectivity index (χ1) is 15.1. The van der Waals surface area contributed by atoms with Gasteiger partial charge in [-0.2, -0.15) is 0 Å². The van der Waals surface area contributed by atoms with Gasteiger partial charge in [0.25, 0.3) is 5.91 Å². The summed E-state index contributed by atoms with van der Waals surface area (Å²) in [4.78, 5) is 27.2. The van der Waals surface area contributed by atoms with E-state index in [9.17, 15) is 9.59 Å². The summed E-state index contributed by atoms with van der Waals surface area (Å²) in [6.07, 6.45) is 3.01. The fourth-order valence-electron chi connectivity index (χ4n) is 3.70. The number of methoxy groups -OCH3 is 1. The maximum atomic E-state index is 12.9. The molecule has 3 aromatic carbocycles. The van der Waals surface area contributed by atoms with Gasteiger partial charge in [-0.3, -0.25) is 9.69 Å². The Kier molecular flexibility index (Phi) is 6.17. The molecule has 1 aliphatic heterocycles. The number of ether oxygens (including phenoxy) is 1. The molecule has 3 aromatic rings. The molecular formula is C25H25N3O3. The monoisotopic (exact) mass is 415 g/mol. The minimum absolute atomic E-state index is 0.164. The molecule has 0 fully saturated rings. The third-order valence-electron chi connectivity index (χ3n) is 5.33. The van der Waals surface area contributed by atoms with Gasteiger partial charge >= 0.3 is 6.03 Å². The Balaban J connectivity index is 1.42. The summed E-state index contributed by atoms with van der Waals surface area (Å²) in [6, 6.07) is 21.9. The van der Waals surface area contributed by atoms with Crippen molar-refractivity contribution in [1.29, 1.82) is 0 Å². The van der Waals surface area contributed by atoms with Crippen LogP contribution in [0.15, 0.2) is 72.8 Å². The van der Waals surface area contributed by atoms with Gasteiger partial charge in [-0.05, 0) is 67.3 Å². The minimum Gasteiger partial charge on any atom is -0.497 e. The molecule has 3 amide bonds. The molecule has 0 aliphatic carbocycles. The fourth-order valence-corrected chi connectivity index (χ4v) is 3.70. The average molecular weight is 415 g/mol. The molecule has 6 nitrogen and oxygen atoms in total. The van der Waals surface area contributed by atoms with Gasteiger partial charge in [-0.15, -0.1) is 0 Å². The average Bonchev–Trinajstić information content (AvgIpc) is 3.02. The summed E-state index contributed by atoms with van der Waals surface area (Å²) < 4.78 is 5.18. The number of carbonyl (C=O) groups is 2. The molecule has 4 rings (SSSR count). The Hall–Kier alpha value is -3.80. The van der Waals surface area contributed by atoms with Crippen LogP contribution >= 0.6 is 0 Å². The number of fused-ring (bicyclic) bond motifs is 1. The van der Waals surface area contributed by atoms with Crippen LogP contribution in [0.5, 0.6) is 5.75 Å². The first-order valence-corrected chi connectivity index (χ1v) is 10.4. The second kappa shape index (κ2) is 9.34. The van der Waals surface area contributed by atoms with Crippen LogP contribution in [0.2, 0.25) is 0 Å². The topological polar surface area (TPSA) is 70.7 Å². The SMILES string of the molecule is COc1cccc(NC(=O)c2ccc(NC(=O)N3CCCCc4ccccc43)cc2)c1. The number of hydrogen-bond acceptors (Lipinski definition) is 3. The minimum atomic E-state index is -0.229. The molecule has 0 bridgehead atoms. The molecule has 0 saturated heterocycles. The van der Waals surface area contributed by atoms with Crippen LogP contribution in [0.3, 0.4) is 0 Å². The zero-order chi connectivity index (χ0) is 21.6. The zero-order valence-electron chi connectivity index (χ0n) is 17.4. The molecular weight excluding hydrogens is 390 g/mol.